The van der Waals surface area contributed by atoms with Crippen LogP contribution in [0.15, 0.2) is 24.0 Å². The van der Waals surface area contributed by atoms with Crippen molar-refractivity contribution in [2.24, 2.45) is 11.8 Å². The zero-order valence-corrected chi connectivity index (χ0v) is 9.46. The fourth-order valence-corrected chi connectivity index (χ4v) is 2.45. The van der Waals surface area contributed by atoms with Crippen molar-refractivity contribution in [3.63, 3.8) is 0 Å². The van der Waals surface area contributed by atoms with Gasteiger partial charge in [-0.3, -0.25) is 5.10 Å². The van der Waals surface area contributed by atoms with Crippen molar-refractivity contribution in [1.29, 1.82) is 0 Å². The third-order valence-corrected chi connectivity index (χ3v) is 2.98. The molecule has 0 aliphatic heterocycles. The van der Waals surface area contributed by atoms with E-state index in [1.807, 2.05) is 12.4 Å². The molecule has 3 heteroatoms. The Morgan fingerprint density at radius 2 is 2.47 bits per heavy atom. The Kier molecular flexibility index (Phi) is 3.09. The van der Waals surface area contributed by atoms with Crippen LogP contribution in [0.25, 0.3) is 0 Å². The van der Waals surface area contributed by atoms with E-state index >= 15 is 0 Å². The van der Waals surface area contributed by atoms with Crippen molar-refractivity contribution >= 4 is 5.69 Å². The first-order chi connectivity index (χ1) is 7.24. The maximum absolute atomic E-state index is 3.92. The number of aromatic nitrogens is 2. The van der Waals surface area contributed by atoms with Gasteiger partial charge in [-0.2, -0.15) is 5.10 Å². The summed E-state index contributed by atoms with van der Waals surface area (Å²) >= 11 is 0. The fourth-order valence-electron chi connectivity index (χ4n) is 2.45. The minimum absolute atomic E-state index is 0.731. The topological polar surface area (TPSA) is 40.7 Å². The molecule has 0 fully saturated rings. The second kappa shape index (κ2) is 4.51. The average molecular weight is 205 g/mol. The fraction of sp³-hybridized carbons (Fsp3) is 0.583. The lowest BCUT2D eigenvalue weighted by atomic mass is 9.84. The molecule has 15 heavy (non-hydrogen) atoms. The standard InChI is InChI=1S/C12H19N3/c1-9-3-10(2)5-11(4-9)6-13-12-7-14-15-8-12/h3,7-9,11,13H,4-6H2,1-2H3,(H,14,15). The predicted molar refractivity (Wildman–Crippen MR) is 62.7 cm³/mol. The molecule has 0 saturated carbocycles. The van der Waals surface area contributed by atoms with Crippen molar-refractivity contribution in [3.8, 4) is 0 Å². The molecule has 2 atom stereocenters. The summed E-state index contributed by atoms with van der Waals surface area (Å²) in [5.41, 5.74) is 2.63. The van der Waals surface area contributed by atoms with Gasteiger partial charge in [0.25, 0.3) is 0 Å². The van der Waals surface area contributed by atoms with Gasteiger partial charge in [0.15, 0.2) is 0 Å². The molecule has 2 rings (SSSR count). The molecule has 1 aromatic rings. The van der Waals surface area contributed by atoms with E-state index in [2.05, 4.69) is 35.4 Å². The highest BCUT2D eigenvalue weighted by Gasteiger charge is 2.17. The molecule has 2 N–H and O–H groups in total. The largest absolute Gasteiger partial charge is 0.382 e. The number of H-pyrrole nitrogens is 1. The van der Waals surface area contributed by atoms with Gasteiger partial charge in [-0.1, -0.05) is 18.6 Å². The highest BCUT2D eigenvalue weighted by molar-refractivity contribution is 5.37. The van der Waals surface area contributed by atoms with E-state index in [1.165, 1.54) is 18.4 Å². The molecule has 0 bridgehead atoms. The van der Waals surface area contributed by atoms with Crippen LogP contribution in [-0.2, 0) is 0 Å². The summed E-state index contributed by atoms with van der Waals surface area (Å²) in [6.07, 6.45) is 8.65. The van der Waals surface area contributed by atoms with Gasteiger partial charge >= 0.3 is 0 Å². The van der Waals surface area contributed by atoms with Gasteiger partial charge in [0, 0.05) is 12.7 Å². The van der Waals surface area contributed by atoms with Crippen molar-refractivity contribution in [2.75, 3.05) is 11.9 Å². The zero-order chi connectivity index (χ0) is 10.7. The maximum Gasteiger partial charge on any atom is 0.0723 e. The molecule has 1 aliphatic carbocycles. The summed E-state index contributed by atoms with van der Waals surface area (Å²) in [6, 6.07) is 0. The first-order valence-corrected chi connectivity index (χ1v) is 5.64. The third kappa shape index (κ3) is 2.85. The Bertz CT molecular complexity index is 327. The van der Waals surface area contributed by atoms with E-state index in [1.54, 1.807) is 0 Å². The van der Waals surface area contributed by atoms with Gasteiger partial charge in [0.1, 0.15) is 0 Å². The Morgan fingerprint density at radius 3 is 3.13 bits per heavy atom. The first kappa shape index (κ1) is 10.3. The summed E-state index contributed by atoms with van der Waals surface area (Å²) in [6.45, 7) is 5.59. The molecule has 0 amide bonds. The number of anilines is 1. The minimum atomic E-state index is 0.731. The number of nitrogens with zero attached hydrogens (tertiary/aromatic N) is 1. The van der Waals surface area contributed by atoms with Gasteiger partial charge in [-0.25, -0.2) is 0 Å². The summed E-state index contributed by atoms with van der Waals surface area (Å²) < 4.78 is 0. The van der Waals surface area contributed by atoms with Crippen molar-refractivity contribution in [1.82, 2.24) is 10.2 Å². The Morgan fingerprint density at radius 1 is 1.60 bits per heavy atom. The van der Waals surface area contributed by atoms with Gasteiger partial charge in [-0.05, 0) is 31.6 Å². The molecule has 82 valence electrons. The number of hydrogen-bond donors (Lipinski definition) is 2. The normalized spacial score (nSPS) is 26.1. The summed E-state index contributed by atoms with van der Waals surface area (Å²) in [5.74, 6) is 1.50. The quantitative estimate of drug-likeness (QED) is 0.745. The summed E-state index contributed by atoms with van der Waals surface area (Å²) in [4.78, 5) is 0. The van der Waals surface area contributed by atoms with Crippen LogP contribution in [0.2, 0.25) is 0 Å². The first-order valence-electron chi connectivity index (χ1n) is 5.64. The van der Waals surface area contributed by atoms with Crippen LogP contribution in [-0.4, -0.2) is 16.7 Å². The van der Waals surface area contributed by atoms with E-state index < -0.39 is 0 Å². The van der Waals surface area contributed by atoms with Crippen molar-refractivity contribution in [2.45, 2.75) is 26.7 Å². The average Bonchev–Trinajstić information content (AvgIpc) is 2.65. The Hall–Kier alpha value is -1.25. The van der Waals surface area contributed by atoms with E-state index in [-0.39, 0.29) is 0 Å². The Balaban J connectivity index is 1.83. The number of nitrogens with one attached hydrogen (secondary N) is 2. The van der Waals surface area contributed by atoms with Crippen LogP contribution in [0.3, 0.4) is 0 Å². The maximum atomic E-state index is 3.92. The smallest absolute Gasteiger partial charge is 0.0723 e. The van der Waals surface area contributed by atoms with Crippen LogP contribution < -0.4 is 5.32 Å². The predicted octanol–water partition coefficient (Wildman–Crippen LogP) is 2.81. The minimum Gasteiger partial charge on any atom is -0.382 e. The molecule has 0 aromatic carbocycles. The molecule has 0 radical (unpaired) electrons. The van der Waals surface area contributed by atoms with E-state index in [9.17, 15) is 0 Å². The summed E-state index contributed by atoms with van der Waals surface area (Å²) in [7, 11) is 0. The lowest BCUT2D eigenvalue weighted by Gasteiger charge is -2.25. The second-order valence-corrected chi connectivity index (χ2v) is 4.66. The molecule has 3 nitrogen and oxygen atoms in total. The van der Waals surface area contributed by atoms with E-state index in [0.29, 0.717) is 0 Å². The lowest BCUT2D eigenvalue weighted by molar-refractivity contribution is 0.421. The van der Waals surface area contributed by atoms with Crippen LogP contribution in [0.4, 0.5) is 5.69 Å². The molecule has 0 spiro atoms. The van der Waals surface area contributed by atoms with Gasteiger partial charge in [0.05, 0.1) is 11.9 Å². The van der Waals surface area contributed by atoms with Crippen LogP contribution in [0, 0.1) is 11.8 Å². The SMILES string of the molecule is CC1=CC(C)CC(CNc2cn[nH]c2)C1. The van der Waals surface area contributed by atoms with Crippen molar-refractivity contribution in [3.05, 3.63) is 24.0 Å². The van der Waals surface area contributed by atoms with Gasteiger partial charge < -0.3 is 5.32 Å². The third-order valence-electron chi connectivity index (χ3n) is 2.98. The van der Waals surface area contributed by atoms with Gasteiger partial charge in [-0.15, -0.1) is 0 Å². The molecular weight excluding hydrogens is 186 g/mol. The lowest BCUT2D eigenvalue weighted by Crippen LogP contribution is -2.20. The van der Waals surface area contributed by atoms with Crippen LogP contribution in [0.5, 0.6) is 0 Å². The molecular formula is C12H19N3. The van der Waals surface area contributed by atoms with Gasteiger partial charge in [0.2, 0.25) is 0 Å². The van der Waals surface area contributed by atoms with E-state index in [0.717, 1.165) is 24.1 Å². The van der Waals surface area contributed by atoms with E-state index in [4.69, 9.17) is 0 Å². The second-order valence-electron chi connectivity index (χ2n) is 4.66. The van der Waals surface area contributed by atoms with Crippen LogP contribution >= 0.6 is 0 Å². The number of hydrogen-bond acceptors (Lipinski definition) is 2. The number of allylic oxidation sites excluding steroid dienone is 2. The number of aromatic amines is 1. The zero-order valence-electron chi connectivity index (χ0n) is 9.46. The summed E-state index contributed by atoms with van der Waals surface area (Å²) in [5, 5.41) is 10.1. The highest BCUT2D eigenvalue weighted by Crippen LogP contribution is 2.27. The molecule has 1 aromatic heterocycles. The van der Waals surface area contributed by atoms with Crippen LogP contribution in [0.1, 0.15) is 26.7 Å². The molecule has 0 saturated heterocycles. The molecule has 1 heterocycles. The Labute approximate surface area is 91.0 Å². The molecule has 2 unspecified atom stereocenters. The number of rotatable bonds is 3. The highest BCUT2D eigenvalue weighted by atomic mass is 15.1. The monoisotopic (exact) mass is 205 g/mol. The molecule has 1 aliphatic rings. The van der Waals surface area contributed by atoms with Crippen molar-refractivity contribution < 1.29 is 0 Å².